The average Bonchev–Trinajstić information content (AvgIpc) is 3.11. The van der Waals surface area contributed by atoms with E-state index in [9.17, 15) is 4.79 Å². The second kappa shape index (κ2) is 9.58. The Morgan fingerprint density at radius 3 is 2.82 bits per heavy atom. The SMILES string of the molecule is CCOc1c(Cl)cc(C(=O)Nc2nc(CN3CCC(C)CC3)cs2)cc1OC. The third-order valence-electron chi connectivity index (χ3n) is 4.81. The van der Waals surface area contributed by atoms with Gasteiger partial charge in [-0.1, -0.05) is 18.5 Å². The number of nitrogens with zero attached hydrogens (tertiary/aromatic N) is 2. The molecule has 1 fully saturated rings. The molecule has 1 aromatic carbocycles. The fraction of sp³-hybridized carbons (Fsp3) is 0.500. The first kappa shape index (κ1) is 20.9. The second-order valence-corrected chi connectivity index (χ2v) is 8.24. The molecule has 1 aliphatic heterocycles. The van der Waals surface area contributed by atoms with Crippen LogP contribution in [0.25, 0.3) is 0 Å². The maximum Gasteiger partial charge on any atom is 0.257 e. The summed E-state index contributed by atoms with van der Waals surface area (Å²) in [5.74, 6) is 1.39. The number of carbonyl (C=O) groups is 1. The summed E-state index contributed by atoms with van der Waals surface area (Å²) in [4.78, 5) is 19.6. The molecule has 2 aromatic rings. The quantitative estimate of drug-likeness (QED) is 0.700. The number of hydrogen-bond acceptors (Lipinski definition) is 6. The summed E-state index contributed by atoms with van der Waals surface area (Å²) in [6.07, 6.45) is 2.46. The van der Waals surface area contributed by atoms with Gasteiger partial charge in [0.15, 0.2) is 16.6 Å². The molecule has 28 heavy (non-hydrogen) atoms. The molecular weight excluding hydrogens is 398 g/mol. The number of rotatable bonds is 7. The minimum Gasteiger partial charge on any atom is -0.493 e. The standard InChI is InChI=1S/C20H26ClN3O3S/c1-4-27-18-16(21)9-14(10-17(18)26-3)19(25)23-20-22-15(12-28-20)11-24-7-5-13(2)6-8-24/h9-10,12-13H,4-8,11H2,1-3H3,(H,22,23,25). The van der Waals surface area contributed by atoms with E-state index >= 15 is 0 Å². The van der Waals surface area contributed by atoms with E-state index in [4.69, 9.17) is 21.1 Å². The topological polar surface area (TPSA) is 63.7 Å². The predicted molar refractivity (Wildman–Crippen MR) is 113 cm³/mol. The number of methoxy groups -OCH3 is 1. The Hall–Kier alpha value is -1.83. The predicted octanol–water partition coefficient (Wildman–Crippen LogP) is 4.69. The maximum absolute atomic E-state index is 12.6. The summed E-state index contributed by atoms with van der Waals surface area (Å²) in [6, 6.07) is 3.20. The van der Waals surface area contributed by atoms with E-state index in [1.807, 2.05) is 12.3 Å². The Kier molecular flexibility index (Phi) is 7.15. The zero-order valence-electron chi connectivity index (χ0n) is 16.5. The van der Waals surface area contributed by atoms with Gasteiger partial charge in [-0.2, -0.15) is 0 Å². The van der Waals surface area contributed by atoms with Gasteiger partial charge in [-0.15, -0.1) is 11.3 Å². The summed E-state index contributed by atoms with van der Waals surface area (Å²) in [5, 5.41) is 5.76. The molecule has 8 heteroatoms. The van der Waals surface area contributed by atoms with Crippen molar-refractivity contribution in [3.8, 4) is 11.5 Å². The number of likely N-dealkylation sites (tertiary alicyclic amines) is 1. The van der Waals surface area contributed by atoms with Crippen molar-refractivity contribution in [2.45, 2.75) is 33.2 Å². The van der Waals surface area contributed by atoms with Gasteiger partial charge in [0, 0.05) is 17.5 Å². The highest BCUT2D eigenvalue weighted by molar-refractivity contribution is 7.14. The molecule has 2 heterocycles. The number of thiazole rings is 1. The van der Waals surface area contributed by atoms with Crippen molar-refractivity contribution in [2.24, 2.45) is 5.92 Å². The number of halogens is 1. The van der Waals surface area contributed by atoms with Crippen LogP contribution < -0.4 is 14.8 Å². The molecule has 1 aliphatic rings. The van der Waals surface area contributed by atoms with Crippen LogP contribution >= 0.6 is 22.9 Å². The van der Waals surface area contributed by atoms with E-state index in [1.54, 1.807) is 12.1 Å². The summed E-state index contributed by atoms with van der Waals surface area (Å²) < 4.78 is 10.8. The lowest BCUT2D eigenvalue weighted by molar-refractivity contribution is 0.102. The molecule has 0 unspecified atom stereocenters. The first-order valence-corrected chi connectivity index (χ1v) is 10.7. The third-order valence-corrected chi connectivity index (χ3v) is 5.90. The van der Waals surface area contributed by atoms with Crippen LogP contribution in [0.4, 0.5) is 5.13 Å². The third kappa shape index (κ3) is 5.16. The molecule has 0 spiro atoms. The van der Waals surface area contributed by atoms with Crippen LogP contribution in [-0.2, 0) is 6.54 Å². The van der Waals surface area contributed by atoms with Crippen LogP contribution in [0.15, 0.2) is 17.5 Å². The molecule has 0 aliphatic carbocycles. The lowest BCUT2D eigenvalue weighted by atomic mass is 9.99. The molecule has 1 amide bonds. The number of benzene rings is 1. The van der Waals surface area contributed by atoms with Crippen LogP contribution in [0.1, 0.15) is 42.7 Å². The number of piperidine rings is 1. The van der Waals surface area contributed by atoms with E-state index < -0.39 is 0 Å². The van der Waals surface area contributed by atoms with Crippen LogP contribution in [0, 0.1) is 5.92 Å². The molecule has 0 saturated carbocycles. The van der Waals surface area contributed by atoms with Crippen molar-refractivity contribution < 1.29 is 14.3 Å². The number of carbonyl (C=O) groups excluding carboxylic acids is 1. The molecule has 152 valence electrons. The first-order chi connectivity index (χ1) is 13.5. The Morgan fingerprint density at radius 2 is 2.14 bits per heavy atom. The fourth-order valence-corrected chi connectivity index (χ4v) is 4.15. The molecule has 0 atom stereocenters. The van der Waals surface area contributed by atoms with Gasteiger partial charge >= 0.3 is 0 Å². The lowest BCUT2D eigenvalue weighted by Crippen LogP contribution is -2.32. The van der Waals surface area contributed by atoms with E-state index in [0.717, 1.165) is 31.2 Å². The van der Waals surface area contributed by atoms with Crippen LogP contribution in [-0.4, -0.2) is 42.6 Å². The number of ether oxygens (including phenoxy) is 2. The molecular formula is C20H26ClN3O3S. The smallest absolute Gasteiger partial charge is 0.257 e. The van der Waals surface area contributed by atoms with Crippen molar-refractivity contribution in [3.63, 3.8) is 0 Å². The van der Waals surface area contributed by atoms with Crippen LogP contribution in [0.2, 0.25) is 5.02 Å². The fourth-order valence-electron chi connectivity index (χ4n) is 3.19. The number of amides is 1. The van der Waals surface area contributed by atoms with E-state index in [0.29, 0.717) is 33.8 Å². The number of nitrogens with one attached hydrogen (secondary N) is 1. The van der Waals surface area contributed by atoms with Gasteiger partial charge in [0.1, 0.15) is 0 Å². The highest BCUT2D eigenvalue weighted by Gasteiger charge is 2.19. The van der Waals surface area contributed by atoms with Crippen molar-refractivity contribution >= 4 is 34.0 Å². The largest absolute Gasteiger partial charge is 0.493 e. The van der Waals surface area contributed by atoms with Crippen molar-refractivity contribution in [2.75, 3.05) is 32.1 Å². The van der Waals surface area contributed by atoms with E-state index in [-0.39, 0.29) is 5.91 Å². The van der Waals surface area contributed by atoms with E-state index in [1.165, 1.54) is 31.3 Å². The minimum atomic E-state index is -0.282. The normalized spacial score (nSPS) is 15.4. The molecule has 0 bridgehead atoms. The van der Waals surface area contributed by atoms with Gasteiger partial charge in [0.25, 0.3) is 5.91 Å². The molecule has 1 saturated heterocycles. The number of hydrogen-bond donors (Lipinski definition) is 1. The highest BCUT2D eigenvalue weighted by atomic mass is 35.5. The minimum absolute atomic E-state index is 0.282. The summed E-state index contributed by atoms with van der Waals surface area (Å²) in [7, 11) is 1.52. The van der Waals surface area contributed by atoms with Gasteiger partial charge in [-0.25, -0.2) is 4.98 Å². The van der Waals surface area contributed by atoms with Gasteiger partial charge < -0.3 is 9.47 Å². The highest BCUT2D eigenvalue weighted by Crippen LogP contribution is 2.36. The first-order valence-electron chi connectivity index (χ1n) is 9.48. The molecule has 3 rings (SSSR count). The lowest BCUT2D eigenvalue weighted by Gasteiger charge is -2.29. The summed E-state index contributed by atoms with van der Waals surface area (Å²) >= 11 is 7.69. The number of anilines is 1. The van der Waals surface area contributed by atoms with Crippen molar-refractivity contribution in [3.05, 3.63) is 33.8 Å². The molecule has 0 radical (unpaired) electrons. The van der Waals surface area contributed by atoms with Gasteiger partial charge in [-0.05, 0) is 50.9 Å². The Bertz CT molecular complexity index is 819. The second-order valence-electron chi connectivity index (χ2n) is 6.98. The summed E-state index contributed by atoms with van der Waals surface area (Å²) in [5.41, 5.74) is 1.38. The van der Waals surface area contributed by atoms with Crippen LogP contribution in [0.5, 0.6) is 11.5 Å². The average molecular weight is 424 g/mol. The van der Waals surface area contributed by atoms with Crippen molar-refractivity contribution in [1.82, 2.24) is 9.88 Å². The van der Waals surface area contributed by atoms with Crippen LogP contribution in [0.3, 0.4) is 0 Å². The zero-order valence-corrected chi connectivity index (χ0v) is 18.0. The van der Waals surface area contributed by atoms with E-state index in [2.05, 4.69) is 22.1 Å². The van der Waals surface area contributed by atoms with Gasteiger partial charge in [0.05, 0.1) is 24.4 Å². The molecule has 6 nitrogen and oxygen atoms in total. The Morgan fingerprint density at radius 1 is 1.39 bits per heavy atom. The van der Waals surface area contributed by atoms with Gasteiger partial charge in [-0.3, -0.25) is 15.0 Å². The van der Waals surface area contributed by atoms with Crippen molar-refractivity contribution in [1.29, 1.82) is 0 Å². The molecule has 1 N–H and O–H groups in total. The molecule has 1 aromatic heterocycles. The summed E-state index contributed by atoms with van der Waals surface area (Å²) in [6.45, 7) is 7.65. The van der Waals surface area contributed by atoms with Gasteiger partial charge in [0.2, 0.25) is 0 Å². The maximum atomic E-state index is 12.6. The monoisotopic (exact) mass is 423 g/mol. The zero-order chi connectivity index (χ0) is 20.1. The Balaban J connectivity index is 1.65. The number of aromatic nitrogens is 1. The Labute approximate surface area is 174 Å².